The Hall–Kier alpha value is -2.90. The Bertz CT molecular complexity index is 836. The molecule has 0 amide bonds. The standard InChI is InChI=1S/C17H19FN6O/c1-4-12-13(18)16(21-9-20-12)22-14(10(2)3)17-23-15(24-25-17)11-5-7-19-8-6-11/h5-10,14H,4H2,1-3H3,(H,20,21,22). The third kappa shape index (κ3) is 3.62. The zero-order valence-corrected chi connectivity index (χ0v) is 14.3. The average molecular weight is 342 g/mol. The molecule has 0 saturated carbocycles. The van der Waals surface area contributed by atoms with Crippen molar-refractivity contribution in [3.63, 3.8) is 0 Å². The van der Waals surface area contributed by atoms with Gasteiger partial charge in [0.05, 0.1) is 5.69 Å². The van der Waals surface area contributed by atoms with Crippen molar-refractivity contribution in [2.45, 2.75) is 33.2 Å². The topological polar surface area (TPSA) is 89.6 Å². The molecule has 1 N–H and O–H groups in total. The summed E-state index contributed by atoms with van der Waals surface area (Å²) in [6.07, 6.45) is 5.15. The molecule has 130 valence electrons. The summed E-state index contributed by atoms with van der Waals surface area (Å²) in [6.45, 7) is 5.80. The predicted molar refractivity (Wildman–Crippen MR) is 90.1 cm³/mol. The first-order valence-electron chi connectivity index (χ1n) is 8.10. The Kier molecular flexibility index (Phi) is 4.97. The molecule has 3 heterocycles. The maximum atomic E-state index is 14.4. The minimum absolute atomic E-state index is 0.0742. The van der Waals surface area contributed by atoms with Gasteiger partial charge in [-0.2, -0.15) is 4.98 Å². The number of aromatic nitrogens is 5. The number of pyridine rings is 1. The van der Waals surface area contributed by atoms with Gasteiger partial charge in [-0.15, -0.1) is 0 Å². The van der Waals surface area contributed by atoms with Crippen LogP contribution in [0, 0.1) is 11.7 Å². The molecule has 0 aliphatic rings. The van der Waals surface area contributed by atoms with Gasteiger partial charge in [0.2, 0.25) is 11.7 Å². The van der Waals surface area contributed by atoms with E-state index in [2.05, 4.69) is 30.4 Å². The van der Waals surface area contributed by atoms with E-state index in [1.54, 1.807) is 24.5 Å². The van der Waals surface area contributed by atoms with Crippen LogP contribution >= 0.6 is 0 Å². The van der Waals surface area contributed by atoms with Crippen molar-refractivity contribution >= 4 is 5.82 Å². The van der Waals surface area contributed by atoms with Crippen molar-refractivity contribution in [1.29, 1.82) is 0 Å². The molecule has 8 heteroatoms. The number of aryl methyl sites for hydroxylation is 1. The summed E-state index contributed by atoms with van der Waals surface area (Å²) in [5.74, 6) is 0.587. The summed E-state index contributed by atoms with van der Waals surface area (Å²) < 4.78 is 19.8. The molecule has 3 aromatic heterocycles. The van der Waals surface area contributed by atoms with E-state index in [0.29, 0.717) is 23.8 Å². The first-order valence-corrected chi connectivity index (χ1v) is 8.10. The smallest absolute Gasteiger partial charge is 0.249 e. The van der Waals surface area contributed by atoms with Gasteiger partial charge >= 0.3 is 0 Å². The first kappa shape index (κ1) is 16.9. The summed E-state index contributed by atoms with van der Waals surface area (Å²) in [5.41, 5.74) is 1.16. The van der Waals surface area contributed by atoms with Crippen LogP contribution in [-0.4, -0.2) is 25.1 Å². The van der Waals surface area contributed by atoms with Crippen molar-refractivity contribution in [1.82, 2.24) is 25.1 Å². The Morgan fingerprint density at radius 3 is 2.64 bits per heavy atom. The van der Waals surface area contributed by atoms with Crippen molar-refractivity contribution < 1.29 is 8.91 Å². The molecule has 0 aromatic carbocycles. The third-order valence-corrected chi connectivity index (χ3v) is 3.80. The van der Waals surface area contributed by atoms with Gasteiger partial charge in [0, 0.05) is 18.0 Å². The molecule has 0 aliphatic heterocycles. The molecule has 7 nitrogen and oxygen atoms in total. The Labute approximate surface area is 144 Å². The van der Waals surface area contributed by atoms with E-state index in [1.807, 2.05) is 20.8 Å². The van der Waals surface area contributed by atoms with E-state index in [1.165, 1.54) is 6.33 Å². The normalized spacial score (nSPS) is 12.4. The van der Waals surface area contributed by atoms with Gasteiger partial charge in [0.25, 0.3) is 0 Å². The highest BCUT2D eigenvalue weighted by molar-refractivity contribution is 5.52. The van der Waals surface area contributed by atoms with Crippen LogP contribution in [0.3, 0.4) is 0 Å². The molecule has 1 atom stereocenters. The Morgan fingerprint density at radius 2 is 1.96 bits per heavy atom. The molecule has 0 aliphatic carbocycles. The molecular formula is C17H19FN6O. The number of hydrogen-bond acceptors (Lipinski definition) is 7. The monoisotopic (exact) mass is 342 g/mol. The number of rotatable bonds is 6. The predicted octanol–water partition coefficient (Wildman–Crippen LogP) is 3.43. The third-order valence-electron chi connectivity index (χ3n) is 3.80. The van der Waals surface area contributed by atoms with Crippen molar-refractivity contribution in [3.8, 4) is 11.4 Å². The van der Waals surface area contributed by atoms with Gasteiger partial charge in [0.15, 0.2) is 11.6 Å². The highest BCUT2D eigenvalue weighted by atomic mass is 19.1. The van der Waals surface area contributed by atoms with Crippen molar-refractivity contribution in [2.75, 3.05) is 5.32 Å². The largest absolute Gasteiger partial charge is 0.356 e. The van der Waals surface area contributed by atoms with E-state index in [-0.39, 0.29) is 17.8 Å². The highest BCUT2D eigenvalue weighted by Gasteiger charge is 2.25. The summed E-state index contributed by atoms with van der Waals surface area (Å²) in [4.78, 5) is 16.4. The summed E-state index contributed by atoms with van der Waals surface area (Å²) in [6, 6.07) is 3.21. The molecule has 0 spiro atoms. The summed E-state index contributed by atoms with van der Waals surface area (Å²) >= 11 is 0. The van der Waals surface area contributed by atoms with Gasteiger partial charge in [-0.3, -0.25) is 4.98 Å². The number of hydrogen-bond donors (Lipinski definition) is 1. The number of nitrogens with zero attached hydrogens (tertiary/aromatic N) is 5. The lowest BCUT2D eigenvalue weighted by molar-refractivity contribution is 0.335. The second-order valence-corrected chi connectivity index (χ2v) is 5.89. The fourth-order valence-electron chi connectivity index (χ4n) is 2.39. The Balaban J connectivity index is 1.89. The first-order chi connectivity index (χ1) is 12.1. The molecule has 0 bridgehead atoms. The minimum atomic E-state index is -0.454. The van der Waals surface area contributed by atoms with Crippen LogP contribution in [0.25, 0.3) is 11.4 Å². The zero-order chi connectivity index (χ0) is 17.8. The fourth-order valence-corrected chi connectivity index (χ4v) is 2.39. The van der Waals surface area contributed by atoms with Gasteiger partial charge in [-0.1, -0.05) is 25.9 Å². The van der Waals surface area contributed by atoms with Crippen LogP contribution in [0.2, 0.25) is 0 Å². The van der Waals surface area contributed by atoms with E-state index >= 15 is 0 Å². The number of anilines is 1. The van der Waals surface area contributed by atoms with Gasteiger partial charge in [0.1, 0.15) is 12.4 Å². The molecule has 3 rings (SSSR count). The van der Waals surface area contributed by atoms with E-state index < -0.39 is 5.82 Å². The number of halogens is 1. The lowest BCUT2D eigenvalue weighted by Gasteiger charge is -2.19. The average Bonchev–Trinajstić information content (AvgIpc) is 3.11. The molecule has 25 heavy (non-hydrogen) atoms. The van der Waals surface area contributed by atoms with Crippen LogP contribution in [0.15, 0.2) is 35.4 Å². The van der Waals surface area contributed by atoms with Crippen LogP contribution in [-0.2, 0) is 6.42 Å². The van der Waals surface area contributed by atoms with Gasteiger partial charge in [-0.05, 0) is 24.5 Å². The summed E-state index contributed by atoms with van der Waals surface area (Å²) in [7, 11) is 0. The zero-order valence-electron chi connectivity index (χ0n) is 14.3. The lowest BCUT2D eigenvalue weighted by atomic mass is 10.0. The summed E-state index contributed by atoms with van der Waals surface area (Å²) in [5, 5.41) is 7.07. The van der Waals surface area contributed by atoms with Crippen LogP contribution in [0.5, 0.6) is 0 Å². The van der Waals surface area contributed by atoms with Crippen molar-refractivity contribution in [2.24, 2.45) is 5.92 Å². The van der Waals surface area contributed by atoms with Crippen LogP contribution < -0.4 is 5.32 Å². The van der Waals surface area contributed by atoms with Crippen LogP contribution in [0.1, 0.15) is 38.4 Å². The van der Waals surface area contributed by atoms with Crippen molar-refractivity contribution in [3.05, 3.63) is 48.3 Å². The molecular weight excluding hydrogens is 323 g/mol. The highest BCUT2D eigenvalue weighted by Crippen LogP contribution is 2.27. The van der Waals surface area contributed by atoms with Gasteiger partial charge < -0.3 is 9.84 Å². The maximum absolute atomic E-state index is 14.4. The molecule has 0 saturated heterocycles. The number of nitrogens with one attached hydrogen (secondary N) is 1. The fraction of sp³-hybridized carbons (Fsp3) is 0.353. The van der Waals surface area contributed by atoms with E-state index in [0.717, 1.165) is 5.56 Å². The molecule has 0 radical (unpaired) electrons. The molecule has 1 unspecified atom stereocenters. The van der Waals surface area contributed by atoms with Gasteiger partial charge in [-0.25, -0.2) is 14.4 Å². The quantitative estimate of drug-likeness (QED) is 0.734. The van der Waals surface area contributed by atoms with E-state index in [9.17, 15) is 4.39 Å². The lowest BCUT2D eigenvalue weighted by Crippen LogP contribution is -2.19. The second kappa shape index (κ2) is 7.33. The molecule has 3 aromatic rings. The molecule has 0 fully saturated rings. The van der Waals surface area contributed by atoms with E-state index in [4.69, 9.17) is 4.52 Å². The second-order valence-electron chi connectivity index (χ2n) is 5.89. The Morgan fingerprint density at radius 1 is 1.20 bits per heavy atom. The minimum Gasteiger partial charge on any atom is -0.356 e. The van der Waals surface area contributed by atoms with Crippen LogP contribution in [0.4, 0.5) is 10.2 Å². The maximum Gasteiger partial charge on any atom is 0.249 e. The SMILES string of the molecule is CCc1ncnc(NC(c2nc(-c3ccncc3)no2)C(C)C)c1F.